The highest BCUT2D eigenvalue weighted by Crippen LogP contribution is 2.19. The first-order valence-corrected chi connectivity index (χ1v) is 10.1. The number of carbonyl (C=O) groups is 2. The number of ether oxygens (including phenoxy) is 1. The van der Waals surface area contributed by atoms with Crippen molar-refractivity contribution in [2.24, 2.45) is 0 Å². The molecule has 0 radical (unpaired) electrons. The average Bonchev–Trinajstić information content (AvgIpc) is 2.78. The molecule has 0 saturated carbocycles. The van der Waals surface area contributed by atoms with Gasteiger partial charge in [0, 0.05) is 12.1 Å². The Labute approximate surface area is 177 Å². The van der Waals surface area contributed by atoms with Crippen LogP contribution < -0.4 is 15.4 Å². The molecule has 5 nitrogen and oxygen atoms in total. The molecule has 1 atom stereocenters. The van der Waals surface area contributed by atoms with E-state index in [4.69, 9.17) is 4.74 Å². The van der Waals surface area contributed by atoms with Gasteiger partial charge in [-0.25, -0.2) is 0 Å². The molecule has 0 spiro atoms. The van der Waals surface area contributed by atoms with Crippen LogP contribution in [0.25, 0.3) is 0 Å². The van der Waals surface area contributed by atoms with Crippen LogP contribution >= 0.6 is 0 Å². The monoisotopic (exact) mass is 402 g/mol. The van der Waals surface area contributed by atoms with Crippen molar-refractivity contribution in [2.75, 3.05) is 5.32 Å². The van der Waals surface area contributed by atoms with Crippen molar-refractivity contribution in [1.29, 1.82) is 0 Å². The molecule has 0 aromatic heterocycles. The molecular weight excluding hydrogens is 376 g/mol. The molecule has 0 aliphatic rings. The van der Waals surface area contributed by atoms with Crippen molar-refractivity contribution in [3.63, 3.8) is 0 Å². The number of amides is 2. The lowest BCUT2D eigenvalue weighted by molar-refractivity contribution is 0.0951. The van der Waals surface area contributed by atoms with Crippen LogP contribution in [0.2, 0.25) is 0 Å². The maximum atomic E-state index is 12.8. The fourth-order valence-electron chi connectivity index (χ4n) is 2.88. The molecule has 3 rings (SSSR count). The quantitative estimate of drug-likeness (QED) is 0.554. The van der Waals surface area contributed by atoms with Crippen molar-refractivity contribution in [2.45, 2.75) is 32.9 Å². The summed E-state index contributed by atoms with van der Waals surface area (Å²) in [5.74, 6) is 0.0995. The van der Waals surface area contributed by atoms with Crippen LogP contribution in [0.15, 0.2) is 78.9 Å². The summed E-state index contributed by atoms with van der Waals surface area (Å²) in [6.07, 6.45) is 0.944. The maximum absolute atomic E-state index is 12.8. The summed E-state index contributed by atoms with van der Waals surface area (Å²) in [6, 6.07) is 23.7. The number of hydrogen-bond donors (Lipinski definition) is 2. The molecule has 0 heterocycles. The smallest absolute Gasteiger partial charge is 0.255 e. The summed E-state index contributed by atoms with van der Waals surface area (Å²) in [7, 11) is 0. The standard InChI is InChI=1S/C25H26N2O3/c1-3-18(2)30-21-13-9-12-20(16-21)24(28)27-23-15-8-7-14-22(23)25(29)26-17-19-10-5-4-6-11-19/h4-16,18H,3,17H2,1-2H3,(H,26,29)(H,27,28). The van der Waals surface area contributed by atoms with Gasteiger partial charge in [0.25, 0.3) is 11.8 Å². The molecule has 5 heteroatoms. The summed E-state index contributed by atoms with van der Waals surface area (Å²) in [5, 5.41) is 5.74. The fourth-order valence-corrected chi connectivity index (χ4v) is 2.88. The second-order valence-electron chi connectivity index (χ2n) is 7.03. The summed E-state index contributed by atoms with van der Waals surface area (Å²) in [5.41, 5.74) is 2.34. The number of carbonyl (C=O) groups excluding carboxylic acids is 2. The molecule has 2 amide bonds. The third-order valence-electron chi connectivity index (χ3n) is 4.72. The molecule has 0 aliphatic heterocycles. The van der Waals surface area contributed by atoms with Crippen LogP contribution in [0.1, 0.15) is 46.5 Å². The van der Waals surface area contributed by atoms with E-state index >= 15 is 0 Å². The molecule has 0 aliphatic carbocycles. The Bertz CT molecular complexity index is 1000. The van der Waals surface area contributed by atoms with Gasteiger partial charge in [-0.1, -0.05) is 55.5 Å². The molecule has 3 aromatic carbocycles. The van der Waals surface area contributed by atoms with Gasteiger partial charge in [-0.05, 0) is 49.2 Å². The first kappa shape index (κ1) is 21.1. The Kier molecular flexibility index (Phi) is 7.22. The lowest BCUT2D eigenvalue weighted by Gasteiger charge is -2.14. The lowest BCUT2D eigenvalue weighted by Crippen LogP contribution is -2.24. The number of hydrogen-bond acceptors (Lipinski definition) is 3. The summed E-state index contributed by atoms with van der Waals surface area (Å²) >= 11 is 0. The van der Waals surface area contributed by atoms with E-state index in [0.29, 0.717) is 29.1 Å². The Morgan fingerprint density at radius 3 is 2.40 bits per heavy atom. The van der Waals surface area contributed by atoms with Crippen molar-refractivity contribution in [3.8, 4) is 5.75 Å². The third kappa shape index (κ3) is 5.70. The normalized spacial score (nSPS) is 11.4. The molecule has 3 aromatic rings. The van der Waals surface area contributed by atoms with Crippen LogP contribution in [0.4, 0.5) is 5.69 Å². The molecule has 0 saturated heterocycles. The van der Waals surface area contributed by atoms with Gasteiger partial charge in [0.1, 0.15) is 5.75 Å². The van der Waals surface area contributed by atoms with Crippen LogP contribution in [-0.4, -0.2) is 17.9 Å². The zero-order valence-electron chi connectivity index (χ0n) is 17.2. The fraction of sp³-hybridized carbons (Fsp3) is 0.200. The van der Waals surface area contributed by atoms with E-state index in [1.807, 2.05) is 50.2 Å². The topological polar surface area (TPSA) is 67.4 Å². The van der Waals surface area contributed by atoms with Gasteiger partial charge < -0.3 is 15.4 Å². The van der Waals surface area contributed by atoms with Crippen LogP contribution in [0.3, 0.4) is 0 Å². The van der Waals surface area contributed by atoms with E-state index in [-0.39, 0.29) is 17.9 Å². The Balaban J connectivity index is 1.70. The van der Waals surface area contributed by atoms with Crippen molar-refractivity contribution >= 4 is 17.5 Å². The van der Waals surface area contributed by atoms with E-state index < -0.39 is 0 Å². The number of benzene rings is 3. The molecule has 2 N–H and O–H groups in total. The van der Waals surface area contributed by atoms with E-state index in [2.05, 4.69) is 10.6 Å². The highest BCUT2D eigenvalue weighted by atomic mass is 16.5. The summed E-state index contributed by atoms with van der Waals surface area (Å²) < 4.78 is 5.80. The van der Waals surface area contributed by atoms with Gasteiger partial charge in [0.2, 0.25) is 0 Å². The molecule has 154 valence electrons. The number of para-hydroxylation sites is 1. The Hall–Kier alpha value is -3.60. The average molecular weight is 402 g/mol. The summed E-state index contributed by atoms with van der Waals surface area (Å²) in [4.78, 5) is 25.5. The highest BCUT2D eigenvalue weighted by Gasteiger charge is 2.14. The van der Waals surface area contributed by atoms with Gasteiger partial charge in [-0.15, -0.1) is 0 Å². The zero-order valence-corrected chi connectivity index (χ0v) is 17.2. The number of nitrogens with one attached hydrogen (secondary N) is 2. The maximum Gasteiger partial charge on any atom is 0.255 e. The van der Waals surface area contributed by atoms with Gasteiger partial charge >= 0.3 is 0 Å². The predicted octanol–water partition coefficient (Wildman–Crippen LogP) is 5.05. The van der Waals surface area contributed by atoms with E-state index in [1.54, 1.807) is 42.5 Å². The first-order chi connectivity index (χ1) is 14.6. The SMILES string of the molecule is CCC(C)Oc1cccc(C(=O)Nc2ccccc2C(=O)NCc2ccccc2)c1. The highest BCUT2D eigenvalue weighted by molar-refractivity contribution is 6.09. The molecule has 0 fully saturated rings. The Morgan fingerprint density at radius 2 is 1.63 bits per heavy atom. The van der Waals surface area contributed by atoms with Crippen LogP contribution in [0.5, 0.6) is 5.75 Å². The molecular formula is C25H26N2O3. The molecule has 0 bridgehead atoms. The van der Waals surface area contributed by atoms with Gasteiger partial charge in [-0.2, -0.15) is 0 Å². The van der Waals surface area contributed by atoms with E-state index in [9.17, 15) is 9.59 Å². The zero-order chi connectivity index (χ0) is 21.3. The predicted molar refractivity (Wildman–Crippen MR) is 119 cm³/mol. The van der Waals surface area contributed by atoms with Crippen molar-refractivity contribution < 1.29 is 14.3 Å². The largest absolute Gasteiger partial charge is 0.491 e. The van der Waals surface area contributed by atoms with Gasteiger partial charge in [0.15, 0.2) is 0 Å². The van der Waals surface area contributed by atoms with Crippen molar-refractivity contribution in [3.05, 3.63) is 95.6 Å². The minimum Gasteiger partial charge on any atom is -0.491 e. The minimum absolute atomic E-state index is 0.0670. The lowest BCUT2D eigenvalue weighted by atomic mass is 10.1. The van der Waals surface area contributed by atoms with Gasteiger partial charge in [0.05, 0.1) is 17.4 Å². The Morgan fingerprint density at radius 1 is 0.900 bits per heavy atom. The third-order valence-corrected chi connectivity index (χ3v) is 4.72. The van der Waals surface area contributed by atoms with Crippen LogP contribution in [-0.2, 0) is 6.54 Å². The van der Waals surface area contributed by atoms with Crippen LogP contribution in [0, 0.1) is 0 Å². The number of rotatable bonds is 8. The first-order valence-electron chi connectivity index (χ1n) is 10.1. The molecule has 30 heavy (non-hydrogen) atoms. The van der Waals surface area contributed by atoms with E-state index in [1.165, 1.54) is 0 Å². The second kappa shape index (κ2) is 10.3. The minimum atomic E-state index is -0.298. The summed E-state index contributed by atoms with van der Waals surface area (Å²) in [6.45, 7) is 4.44. The number of anilines is 1. The van der Waals surface area contributed by atoms with Gasteiger partial charge in [-0.3, -0.25) is 9.59 Å². The van der Waals surface area contributed by atoms with E-state index in [0.717, 1.165) is 12.0 Å². The second-order valence-corrected chi connectivity index (χ2v) is 7.03. The molecule has 1 unspecified atom stereocenters. The van der Waals surface area contributed by atoms with Crippen molar-refractivity contribution in [1.82, 2.24) is 5.32 Å².